The van der Waals surface area contributed by atoms with Gasteiger partial charge < -0.3 is 11.1 Å². The van der Waals surface area contributed by atoms with E-state index in [0.29, 0.717) is 18.5 Å². The van der Waals surface area contributed by atoms with Crippen LogP contribution >= 0.6 is 0 Å². The van der Waals surface area contributed by atoms with E-state index in [9.17, 15) is 13.2 Å². The summed E-state index contributed by atoms with van der Waals surface area (Å²) in [4.78, 5) is 11.8. The fraction of sp³-hybridized carbons (Fsp3) is 0.462. The van der Waals surface area contributed by atoms with Crippen molar-refractivity contribution in [1.82, 2.24) is 10.0 Å². The zero-order chi connectivity index (χ0) is 14.8. The highest BCUT2D eigenvalue weighted by Crippen LogP contribution is 2.18. The number of hydrogen-bond donors (Lipinski definition) is 3. The molecule has 20 heavy (non-hydrogen) atoms. The first-order chi connectivity index (χ1) is 9.44. The molecule has 110 valence electrons. The molecule has 1 fully saturated rings. The Morgan fingerprint density at radius 1 is 1.45 bits per heavy atom. The Bertz CT molecular complexity index is 613. The van der Waals surface area contributed by atoms with Crippen LogP contribution in [-0.2, 0) is 21.4 Å². The Balaban J connectivity index is 2.28. The summed E-state index contributed by atoms with van der Waals surface area (Å²) in [6, 6.07) is 4.37. The highest BCUT2D eigenvalue weighted by Gasteiger charge is 2.28. The minimum absolute atomic E-state index is 0.179. The van der Waals surface area contributed by atoms with Gasteiger partial charge in [0.25, 0.3) is 0 Å². The Morgan fingerprint density at radius 3 is 2.85 bits per heavy atom. The van der Waals surface area contributed by atoms with Crippen molar-refractivity contribution in [2.24, 2.45) is 5.73 Å². The van der Waals surface area contributed by atoms with Crippen LogP contribution in [0.15, 0.2) is 23.1 Å². The van der Waals surface area contributed by atoms with Crippen molar-refractivity contribution in [3.8, 4) is 0 Å². The highest BCUT2D eigenvalue weighted by molar-refractivity contribution is 7.89. The quantitative estimate of drug-likeness (QED) is 0.728. The van der Waals surface area contributed by atoms with Gasteiger partial charge in [0.1, 0.15) is 6.04 Å². The van der Waals surface area contributed by atoms with E-state index in [4.69, 9.17) is 5.73 Å². The van der Waals surface area contributed by atoms with E-state index >= 15 is 0 Å². The molecule has 1 saturated heterocycles. The van der Waals surface area contributed by atoms with E-state index in [1.165, 1.54) is 0 Å². The molecule has 1 unspecified atom stereocenters. The van der Waals surface area contributed by atoms with E-state index in [0.717, 1.165) is 12.0 Å². The van der Waals surface area contributed by atoms with Gasteiger partial charge >= 0.3 is 0 Å². The van der Waals surface area contributed by atoms with Gasteiger partial charge in [0.05, 0.1) is 4.90 Å². The Kier molecular flexibility index (Phi) is 4.42. The third kappa shape index (κ3) is 3.17. The van der Waals surface area contributed by atoms with Crippen molar-refractivity contribution in [2.45, 2.75) is 37.2 Å². The number of benzene rings is 1. The second kappa shape index (κ2) is 5.90. The van der Waals surface area contributed by atoms with Gasteiger partial charge in [0.15, 0.2) is 0 Å². The van der Waals surface area contributed by atoms with Crippen molar-refractivity contribution in [3.63, 3.8) is 0 Å². The van der Waals surface area contributed by atoms with E-state index < -0.39 is 16.1 Å². The van der Waals surface area contributed by atoms with Crippen LogP contribution in [0.2, 0.25) is 0 Å². The zero-order valence-corrected chi connectivity index (χ0v) is 12.2. The van der Waals surface area contributed by atoms with Crippen molar-refractivity contribution in [3.05, 3.63) is 29.3 Å². The number of carbonyl (C=O) groups is 1. The van der Waals surface area contributed by atoms with Crippen molar-refractivity contribution < 1.29 is 13.2 Å². The van der Waals surface area contributed by atoms with Crippen LogP contribution in [0.3, 0.4) is 0 Å². The summed E-state index contributed by atoms with van der Waals surface area (Å²) in [6.07, 6.45) is 1.28. The molecule has 0 spiro atoms. The van der Waals surface area contributed by atoms with E-state index in [1.807, 2.05) is 0 Å². The van der Waals surface area contributed by atoms with Crippen molar-refractivity contribution in [2.75, 3.05) is 6.54 Å². The van der Waals surface area contributed by atoms with Gasteiger partial charge in [-0.25, -0.2) is 8.42 Å². The summed E-state index contributed by atoms with van der Waals surface area (Å²) in [6.45, 7) is 2.58. The maximum absolute atomic E-state index is 12.4. The molecule has 6 nitrogen and oxygen atoms in total. The predicted molar refractivity (Wildman–Crippen MR) is 75.4 cm³/mol. The summed E-state index contributed by atoms with van der Waals surface area (Å²) < 4.78 is 27.3. The number of nitrogens with one attached hydrogen (secondary N) is 2. The monoisotopic (exact) mass is 297 g/mol. The third-order valence-electron chi connectivity index (χ3n) is 3.36. The molecule has 4 N–H and O–H groups in total. The average molecular weight is 297 g/mol. The van der Waals surface area contributed by atoms with Gasteiger partial charge in [-0.3, -0.25) is 4.79 Å². The smallest absolute Gasteiger partial charge is 0.241 e. The largest absolute Gasteiger partial charge is 0.355 e. The highest BCUT2D eigenvalue weighted by atomic mass is 32.2. The number of rotatable bonds is 4. The molecule has 1 aliphatic heterocycles. The number of amides is 1. The minimum atomic E-state index is -3.72. The summed E-state index contributed by atoms with van der Waals surface area (Å²) in [5.41, 5.74) is 6.91. The zero-order valence-electron chi connectivity index (χ0n) is 11.3. The molecule has 1 heterocycles. The number of sulfonamides is 1. The molecule has 0 saturated carbocycles. The van der Waals surface area contributed by atoms with Crippen molar-refractivity contribution in [1.29, 1.82) is 0 Å². The first kappa shape index (κ1) is 15.0. The van der Waals surface area contributed by atoms with Gasteiger partial charge in [-0.05, 0) is 37.0 Å². The van der Waals surface area contributed by atoms with Crippen LogP contribution in [0.1, 0.15) is 24.0 Å². The fourth-order valence-electron chi connectivity index (χ4n) is 2.20. The first-order valence-electron chi connectivity index (χ1n) is 6.53. The lowest BCUT2D eigenvalue weighted by Crippen LogP contribution is -2.50. The Hall–Kier alpha value is -1.44. The molecule has 0 radical (unpaired) electrons. The molecule has 1 atom stereocenters. The van der Waals surface area contributed by atoms with Gasteiger partial charge in [0.2, 0.25) is 15.9 Å². The lowest BCUT2D eigenvalue weighted by Gasteiger charge is -2.23. The first-order valence-corrected chi connectivity index (χ1v) is 8.02. The second-order valence-electron chi connectivity index (χ2n) is 4.91. The minimum Gasteiger partial charge on any atom is -0.355 e. The van der Waals surface area contributed by atoms with Crippen LogP contribution < -0.4 is 15.8 Å². The molecule has 0 aromatic heterocycles. The van der Waals surface area contributed by atoms with Crippen LogP contribution in [0.5, 0.6) is 0 Å². The maximum Gasteiger partial charge on any atom is 0.241 e. The lowest BCUT2D eigenvalue weighted by molar-refractivity contribution is -0.124. The fourth-order valence-corrected chi connectivity index (χ4v) is 3.72. The average Bonchev–Trinajstić information content (AvgIpc) is 2.41. The summed E-state index contributed by atoms with van der Waals surface area (Å²) in [5.74, 6) is -0.271. The standard InChI is InChI=1S/C13H19N3O3S/c1-9-4-5-10(8-14)7-12(9)20(18,19)16-11-3-2-6-15-13(11)17/h4-5,7,11,16H,2-3,6,8,14H2,1H3,(H,15,17). The summed E-state index contributed by atoms with van der Waals surface area (Å²) in [7, 11) is -3.72. The molecule has 1 aromatic rings. The Morgan fingerprint density at radius 2 is 2.20 bits per heavy atom. The molecule has 1 amide bonds. The Labute approximate surface area is 118 Å². The molecule has 0 bridgehead atoms. The number of aryl methyl sites for hydroxylation is 1. The second-order valence-corrected chi connectivity index (χ2v) is 6.59. The van der Waals surface area contributed by atoms with Gasteiger partial charge in [-0.2, -0.15) is 4.72 Å². The van der Waals surface area contributed by atoms with E-state index in [-0.39, 0.29) is 17.3 Å². The SMILES string of the molecule is Cc1ccc(CN)cc1S(=O)(=O)NC1CCCNC1=O. The third-order valence-corrected chi connectivity index (χ3v) is 4.97. The van der Waals surface area contributed by atoms with Crippen LogP contribution in [-0.4, -0.2) is 26.9 Å². The normalized spacial score (nSPS) is 19.7. The molecule has 2 rings (SSSR count). The molecule has 0 aliphatic carbocycles. The van der Waals surface area contributed by atoms with Crippen LogP contribution in [0.4, 0.5) is 0 Å². The van der Waals surface area contributed by atoms with E-state index in [2.05, 4.69) is 10.0 Å². The van der Waals surface area contributed by atoms with Crippen molar-refractivity contribution >= 4 is 15.9 Å². The van der Waals surface area contributed by atoms with Gasteiger partial charge in [-0.15, -0.1) is 0 Å². The lowest BCUT2D eigenvalue weighted by atomic mass is 10.1. The van der Waals surface area contributed by atoms with E-state index in [1.54, 1.807) is 25.1 Å². The molecular weight excluding hydrogens is 278 g/mol. The molecule has 1 aliphatic rings. The molecule has 7 heteroatoms. The maximum atomic E-state index is 12.4. The van der Waals surface area contributed by atoms with Crippen LogP contribution in [0.25, 0.3) is 0 Å². The molecular formula is C13H19N3O3S. The van der Waals surface area contributed by atoms with Crippen LogP contribution in [0, 0.1) is 6.92 Å². The number of nitrogens with two attached hydrogens (primary N) is 1. The number of carbonyl (C=O) groups excluding carboxylic acids is 1. The predicted octanol–water partition coefficient (Wildman–Crippen LogP) is 0.0106. The van der Waals surface area contributed by atoms with Gasteiger partial charge in [0, 0.05) is 13.1 Å². The summed E-state index contributed by atoms with van der Waals surface area (Å²) >= 11 is 0. The summed E-state index contributed by atoms with van der Waals surface area (Å²) in [5, 5.41) is 2.66. The topological polar surface area (TPSA) is 101 Å². The number of hydrogen-bond acceptors (Lipinski definition) is 4. The number of piperidine rings is 1. The van der Waals surface area contributed by atoms with Gasteiger partial charge in [-0.1, -0.05) is 12.1 Å². The molecule has 1 aromatic carbocycles.